The Morgan fingerprint density at radius 3 is 1.82 bits per heavy atom. The molecule has 8 nitrogen and oxygen atoms in total. The molecule has 0 bridgehead atoms. The lowest BCUT2D eigenvalue weighted by Gasteiger charge is -1.90. The molecule has 0 unspecified atom stereocenters. The summed E-state index contributed by atoms with van der Waals surface area (Å²) >= 11 is 0. The summed E-state index contributed by atoms with van der Waals surface area (Å²) in [5, 5.41) is 0. The van der Waals surface area contributed by atoms with Gasteiger partial charge in [-0.25, -0.2) is 10.3 Å². The van der Waals surface area contributed by atoms with Gasteiger partial charge in [-0.2, -0.15) is 8.42 Å². The van der Waals surface area contributed by atoms with Crippen molar-refractivity contribution in [3.05, 3.63) is 0 Å². The van der Waals surface area contributed by atoms with Crippen molar-refractivity contribution in [2.75, 3.05) is 7.11 Å². The zero-order valence-electron chi connectivity index (χ0n) is 5.51. The first-order valence-electron chi connectivity index (χ1n) is 2.05. The van der Waals surface area contributed by atoms with Crippen molar-refractivity contribution in [1.29, 1.82) is 0 Å². The monoisotopic (exact) mass is 188 g/mol. The van der Waals surface area contributed by atoms with Crippen molar-refractivity contribution in [3.8, 4) is 0 Å². The molecule has 0 rings (SSSR count). The lowest BCUT2D eigenvalue weighted by molar-refractivity contribution is 0.112. The van der Waals surface area contributed by atoms with Crippen LogP contribution in [-0.2, 0) is 15.2 Å². The fourth-order valence-corrected chi connectivity index (χ4v) is 0.101. The lowest BCUT2D eigenvalue weighted by Crippen LogP contribution is -2.27. The van der Waals surface area contributed by atoms with Crippen LogP contribution in [0.1, 0.15) is 0 Å². The Morgan fingerprint density at radius 2 is 1.82 bits per heavy atom. The molecule has 0 aromatic carbocycles. The van der Waals surface area contributed by atoms with E-state index >= 15 is 0 Å². The first kappa shape index (κ1) is 12.7. The third-order valence-electron chi connectivity index (χ3n) is 0.203. The Morgan fingerprint density at radius 1 is 1.55 bits per heavy atom. The van der Waals surface area contributed by atoms with E-state index in [2.05, 4.69) is 10.6 Å². The fraction of sp³-hybridized carbons (Fsp3) is 0.500. The maximum atomic E-state index is 9.59. The Kier molecular flexibility index (Phi) is 6.78. The normalized spacial score (nSPS) is 9.36. The number of hydroxylamine groups is 1. The van der Waals surface area contributed by atoms with Crippen LogP contribution >= 0.6 is 0 Å². The number of nitrogens with two attached hydrogens (primary N) is 1. The van der Waals surface area contributed by atoms with Crippen LogP contribution in [-0.4, -0.2) is 30.7 Å². The summed E-state index contributed by atoms with van der Waals surface area (Å²) in [7, 11) is -3.36. The van der Waals surface area contributed by atoms with Crippen LogP contribution in [0.15, 0.2) is 0 Å². The van der Waals surface area contributed by atoms with Gasteiger partial charge >= 0.3 is 16.4 Å². The Labute approximate surface area is 62.9 Å². The van der Waals surface area contributed by atoms with Crippen molar-refractivity contribution >= 4 is 16.4 Å². The highest BCUT2D eigenvalue weighted by Crippen LogP contribution is 1.59. The summed E-state index contributed by atoms with van der Waals surface area (Å²) in [6.07, 6.45) is 0. The van der Waals surface area contributed by atoms with Gasteiger partial charge in [0.15, 0.2) is 0 Å². The number of carbonyl (C=O) groups is 1. The Balaban J connectivity index is 0. The molecule has 68 valence electrons. The molecule has 0 saturated heterocycles. The van der Waals surface area contributed by atoms with Gasteiger partial charge in [-0.05, 0) is 0 Å². The predicted octanol–water partition coefficient (Wildman–Crippen LogP) is -1.44. The third kappa shape index (κ3) is 104. The summed E-state index contributed by atoms with van der Waals surface area (Å²) in [6, 6.07) is -0.683. The maximum Gasteiger partial charge on any atom is 0.394 e. The molecule has 0 aromatic rings. The number of hydrogen-bond acceptors (Lipinski definition) is 4. The summed E-state index contributed by atoms with van der Waals surface area (Å²) in [6.45, 7) is 0. The number of carbonyl (C=O) groups excluding carboxylic acids is 1. The smallest absolute Gasteiger partial charge is 0.350 e. The van der Waals surface area contributed by atoms with Gasteiger partial charge in [-0.15, -0.1) is 0 Å². The minimum absolute atomic E-state index is 0.683. The van der Waals surface area contributed by atoms with E-state index in [1.165, 1.54) is 7.11 Å². The van der Waals surface area contributed by atoms with Crippen molar-refractivity contribution in [1.82, 2.24) is 5.48 Å². The SMILES string of the molecule is CONC(N)=O.O=S(=O)(O)O. The summed E-state index contributed by atoms with van der Waals surface area (Å²) in [5.41, 5.74) is 6.38. The van der Waals surface area contributed by atoms with Gasteiger partial charge in [0.05, 0.1) is 7.11 Å². The number of hydrogen-bond donors (Lipinski definition) is 4. The van der Waals surface area contributed by atoms with Crippen LogP contribution < -0.4 is 11.2 Å². The van der Waals surface area contributed by atoms with Crippen LogP contribution in [0, 0.1) is 0 Å². The zero-order chi connectivity index (χ0) is 9.49. The summed E-state index contributed by atoms with van der Waals surface area (Å²) < 4.78 is 31.6. The second-order valence-corrected chi connectivity index (χ2v) is 2.01. The molecule has 0 atom stereocenters. The van der Waals surface area contributed by atoms with Crippen LogP contribution in [0.3, 0.4) is 0 Å². The average Bonchev–Trinajstić information content (AvgIpc) is 1.58. The van der Waals surface area contributed by atoms with Crippen molar-refractivity contribution in [2.45, 2.75) is 0 Å². The van der Waals surface area contributed by atoms with Gasteiger partial charge in [0.2, 0.25) is 0 Å². The van der Waals surface area contributed by atoms with Crippen molar-refractivity contribution < 1.29 is 27.2 Å². The quantitative estimate of drug-likeness (QED) is 0.293. The number of amides is 2. The molecule has 0 aromatic heterocycles. The van der Waals surface area contributed by atoms with E-state index in [4.69, 9.17) is 17.5 Å². The number of urea groups is 1. The van der Waals surface area contributed by atoms with Crippen LogP contribution in [0.5, 0.6) is 0 Å². The minimum atomic E-state index is -4.67. The minimum Gasteiger partial charge on any atom is -0.350 e. The highest BCUT2D eigenvalue weighted by atomic mass is 32.3. The summed E-state index contributed by atoms with van der Waals surface area (Å²) in [4.78, 5) is 13.7. The van der Waals surface area contributed by atoms with E-state index < -0.39 is 16.4 Å². The van der Waals surface area contributed by atoms with Crippen LogP contribution in [0.2, 0.25) is 0 Å². The highest BCUT2D eigenvalue weighted by molar-refractivity contribution is 7.79. The molecule has 11 heavy (non-hydrogen) atoms. The zero-order valence-corrected chi connectivity index (χ0v) is 6.33. The van der Waals surface area contributed by atoms with Gasteiger partial charge in [0.25, 0.3) is 0 Å². The van der Waals surface area contributed by atoms with E-state index in [-0.39, 0.29) is 0 Å². The Bertz CT molecular complexity index is 189. The molecule has 5 N–H and O–H groups in total. The Hall–Kier alpha value is -0.900. The standard InChI is InChI=1S/C2H6N2O2.H2O4S/c1-6-4-2(3)5;1-5(2,3)4/h1H3,(H3,3,4,5);(H2,1,2,3,4). The van der Waals surface area contributed by atoms with Gasteiger partial charge < -0.3 is 5.73 Å². The van der Waals surface area contributed by atoms with E-state index in [0.29, 0.717) is 0 Å². The first-order valence-corrected chi connectivity index (χ1v) is 3.45. The molecule has 0 aliphatic heterocycles. The second-order valence-electron chi connectivity index (χ2n) is 1.12. The second kappa shape index (κ2) is 5.85. The van der Waals surface area contributed by atoms with Crippen molar-refractivity contribution in [2.24, 2.45) is 5.73 Å². The molecule has 0 spiro atoms. The van der Waals surface area contributed by atoms with Gasteiger partial charge in [0.1, 0.15) is 0 Å². The van der Waals surface area contributed by atoms with E-state index in [1.807, 2.05) is 5.48 Å². The van der Waals surface area contributed by atoms with Gasteiger partial charge in [0, 0.05) is 0 Å². The highest BCUT2D eigenvalue weighted by Gasteiger charge is 1.84. The topological polar surface area (TPSA) is 139 Å². The summed E-state index contributed by atoms with van der Waals surface area (Å²) in [5.74, 6) is 0. The van der Waals surface area contributed by atoms with Crippen LogP contribution in [0.25, 0.3) is 0 Å². The molecule has 9 heteroatoms. The molecule has 0 fully saturated rings. The largest absolute Gasteiger partial charge is 0.394 e. The molecule has 0 heterocycles. The van der Waals surface area contributed by atoms with Crippen LogP contribution in [0.4, 0.5) is 4.79 Å². The van der Waals surface area contributed by atoms with E-state index in [1.54, 1.807) is 0 Å². The number of primary amides is 1. The first-order chi connectivity index (χ1) is 4.77. The average molecular weight is 188 g/mol. The number of rotatable bonds is 1. The van der Waals surface area contributed by atoms with E-state index in [9.17, 15) is 4.79 Å². The van der Waals surface area contributed by atoms with E-state index in [0.717, 1.165) is 0 Å². The number of nitrogens with one attached hydrogen (secondary N) is 1. The van der Waals surface area contributed by atoms with Crippen molar-refractivity contribution in [3.63, 3.8) is 0 Å². The molecular weight excluding hydrogens is 180 g/mol. The predicted molar refractivity (Wildman–Crippen MR) is 33.9 cm³/mol. The molecule has 0 aliphatic carbocycles. The third-order valence-corrected chi connectivity index (χ3v) is 0.203. The lowest BCUT2D eigenvalue weighted by atomic mass is 11.2. The van der Waals surface area contributed by atoms with Gasteiger partial charge in [-0.3, -0.25) is 13.9 Å². The molecule has 0 radical (unpaired) electrons. The molecule has 0 aliphatic rings. The molecule has 2 amide bonds. The molecular formula is C2H8N2O6S. The molecule has 0 saturated carbocycles. The fourth-order valence-electron chi connectivity index (χ4n) is 0.101. The van der Waals surface area contributed by atoms with Gasteiger partial charge in [-0.1, -0.05) is 0 Å². The maximum absolute atomic E-state index is 9.59.